The normalized spacial score (nSPS) is 13.0. The van der Waals surface area contributed by atoms with Crippen molar-refractivity contribution < 1.29 is 9.59 Å². The Labute approximate surface area is 180 Å². The number of aryl methyl sites for hydroxylation is 1. The third-order valence-electron chi connectivity index (χ3n) is 4.19. The maximum absolute atomic E-state index is 12.4. The molecule has 6 nitrogen and oxygen atoms in total. The van der Waals surface area contributed by atoms with Crippen LogP contribution in [0, 0.1) is 6.92 Å². The van der Waals surface area contributed by atoms with Crippen LogP contribution in [-0.2, 0) is 0 Å². The molecule has 0 saturated heterocycles. The number of anilines is 1. The first-order chi connectivity index (χ1) is 14.0. The largest absolute Gasteiger partial charge is 0.296 e. The van der Waals surface area contributed by atoms with Crippen molar-refractivity contribution in [3.63, 3.8) is 0 Å². The molecule has 1 amide bonds. The molecule has 0 spiro atoms. The molecule has 0 unspecified atom stereocenters. The number of benzene rings is 2. The molecule has 3 aromatic rings. The molecule has 9 heteroatoms. The van der Waals surface area contributed by atoms with Gasteiger partial charge in [0.05, 0.1) is 12.1 Å². The van der Waals surface area contributed by atoms with E-state index in [0.29, 0.717) is 37.8 Å². The van der Waals surface area contributed by atoms with Crippen molar-refractivity contribution in [2.45, 2.75) is 17.7 Å². The van der Waals surface area contributed by atoms with Crippen LogP contribution in [0.3, 0.4) is 0 Å². The summed E-state index contributed by atoms with van der Waals surface area (Å²) in [7, 11) is 0. The summed E-state index contributed by atoms with van der Waals surface area (Å²) >= 11 is 8.56. The van der Waals surface area contributed by atoms with Crippen molar-refractivity contribution in [2.24, 2.45) is 4.99 Å². The van der Waals surface area contributed by atoms with Crippen molar-refractivity contribution >= 4 is 62.9 Å². The van der Waals surface area contributed by atoms with Gasteiger partial charge in [-0.1, -0.05) is 46.3 Å². The maximum Gasteiger partial charge on any atom is 0.257 e. The number of hydrogen-bond donors (Lipinski definition) is 1. The van der Waals surface area contributed by atoms with Gasteiger partial charge >= 0.3 is 0 Å². The molecule has 0 bridgehead atoms. The van der Waals surface area contributed by atoms with Crippen molar-refractivity contribution in [3.8, 4) is 0 Å². The number of amides is 1. The number of nitrogens with zero attached hydrogens (tertiary/aromatic N) is 3. The van der Waals surface area contributed by atoms with Gasteiger partial charge in [-0.25, -0.2) is 0 Å². The molecule has 146 valence electrons. The van der Waals surface area contributed by atoms with E-state index in [2.05, 4.69) is 20.5 Å². The quantitative estimate of drug-likeness (QED) is 0.433. The Morgan fingerprint density at radius 1 is 1.21 bits per heavy atom. The first-order valence-electron chi connectivity index (χ1n) is 8.71. The molecule has 29 heavy (non-hydrogen) atoms. The minimum atomic E-state index is -0.275. The fourth-order valence-corrected chi connectivity index (χ4v) is 4.58. The van der Waals surface area contributed by atoms with Crippen LogP contribution in [0.2, 0.25) is 5.02 Å². The highest BCUT2D eigenvalue weighted by molar-refractivity contribution is 8.01. The minimum Gasteiger partial charge on any atom is -0.296 e. The van der Waals surface area contributed by atoms with Crippen molar-refractivity contribution in [3.05, 3.63) is 64.2 Å². The van der Waals surface area contributed by atoms with Crippen molar-refractivity contribution in [1.82, 2.24) is 10.2 Å². The Balaban J connectivity index is 1.38. The number of aromatic nitrogens is 2. The summed E-state index contributed by atoms with van der Waals surface area (Å²) in [5, 5.41) is 11.8. The number of nitrogens with one attached hydrogen (secondary N) is 1. The summed E-state index contributed by atoms with van der Waals surface area (Å²) in [6.07, 6.45) is 0.308. The lowest BCUT2D eigenvalue weighted by Gasteiger charge is -2.14. The van der Waals surface area contributed by atoms with Crippen LogP contribution in [0.4, 0.5) is 10.8 Å². The molecule has 1 aliphatic heterocycles. The molecule has 4 rings (SSSR count). The molecular weight excluding hydrogens is 428 g/mol. The summed E-state index contributed by atoms with van der Waals surface area (Å²) in [4.78, 5) is 29.2. The highest BCUT2D eigenvalue weighted by Crippen LogP contribution is 2.30. The molecule has 0 fully saturated rings. The Morgan fingerprint density at radius 3 is 2.79 bits per heavy atom. The molecule has 2 aromatic carbocycles. The minimum absolute atomic E-state index is 0.0856. The lowest BCUT2D eigenvalue weighted by atomic mass is 9.99. The van der Waals surface area contributed by atoms with Gasteiger partial charge in [0.15, 0.2) is 10.1 Å². The fourth-order valence-electron chi connectivity index (χ4n) is 2.78. The zero-order valence-electron chi connectivity index (χ0n) is 15.3. The summed E-state index contributed by atoms with van der Waals surface area (Å²) in [5.41, 5.74) is 3.74. The molecule has 2 heterocycles. The Hall–Kier alpha value is -2.55. The number of carbonyl (C=O) groups is 2. The maximum atomic E-state index is 12.4. The molecule has 0 saturated carbocycles. The SMILES string of the molecule is Cc1ccc2c(c1)C(=O)CC(CSc1nnc(NC(=O)c3ccc(Cl)cc3)s1)=N2. The second-order valence-corrected chi connectivity index (χ2v) is 9.06. The van der Waals surface area contributed by atoms with E-state index < -0.39 is 0 Å². The molecule has 0 atom stereocenters. The number of hydrogen-bond acceptors (Lipinski definition) is 7. The van der Waals surface area contributed by atoms with Gasteiger partial charge in [-0.2, -0.15) is 0 Å². The Morgan fingerprint density at radius 2 is 2.00 bits per heavy atom. The summed E-state index contributed by atoms with van der Waals surface area (Å²) < 4.78 is 0.696. The molecular formula is C20H15ClN4O2S2. The zero-order chi connectivity index (χ0) is 20.4. The lowest BCUT2D eigenvalue weighted by Crippen LogP contribution is -2.15. The average molecular weight is 443 g/mol. The number of halogens is 1. The first-order valence-corrected chi connectivity index (χ1v) is 10.9. The number of carbonyl (C=O) groups excluding carboxylic acids is 2. The highest BCUT2D eigenvalue weighted by Gasteiger charge is 2.20. The number of fused-ring (bicyclic) bond motifs is 1. The average Bonchev–Trinajstić information content (AvgIpc) is 3.15. The van der Waals surface area contributed by atoms with Gasteiger partial charge in [-0.05, 0) is 43.3 Å². The number of rotatable bonds is 5. The van der Waals surface area contributed by atoms with Gasteiger partial charge in [0.25, 0.3) is 5.91 Å². The van der Waals surface area contributed by atoms with Gasteiger partial charge in [-0.3, -0.25) is 19.9 Å². The highest BCUT2D eigenvalue weighted by atomic mass is 35.5. The van der Waals surface area contributed by atoms with E-state index in [0.717, 1.165) is 17.0 Å². The number of thioether (sulfide) groups is 1. The van der Waals surface area contributed by atoms with Gasteiger partial charge < -0.3 is 0 Å². The summed E-state index contributed by atoms with van der Waals surface area (Å²) in [6, 6.07) is 12.3. The van der Waals surface area contributed by atoms with Crippen LogP contribution in [0.1, 0.15) is 32.7 Å². The van der Waals surface area contributed by atoms with Crippen molar-refractivity contribution in [2.75, 3.05) is 11.1 Å². The second kappa shape index (κ2) is 8.44. The first kappa shape index (κ1) is 19.8. The number of ketones is 1. The topological polar surface area (TPSA) is 84.3 Å². The van der Waals surface area contributed by atoms with Crippen LogP contribution in [-0.4, -0.2) is 33.4 Å². The molecule has 1 N–H and O–H groups in total. The zero-order valence-corrected chi connectivity index (χ0v) is 17.7. The van der Waals surface area contributed by atoms with Crippen LogP contribution in [0.15, 0.2) is 51.8 Å². The number of aliphatic imine (C=N–C) groups is 1. The summed E-state index contributed by atoms with van der Waals surface area (Å²) in [5.74, 6) is 0.352. The van der Waals surface area contributed by atoms with Crippen LogP contribution in [0.5, 0.6) is 0 Å². The van der Waals surface area contributed by atoms with E-state index in [1.165, 1.54) is 23.1 Å². The molecule has 1 aromatic heterocycles. The standard InChI is InChI=1S/C20H15ClN4O2S2/c1-11-2-7-16-15(8-11)17(26)9-14(22-16)10-28-20-25-24-19(29-20)23-18(27)12-3-5-13(21)6-4-12/h2-8H,9-10H2,1H3,(H,23,24,27). The van der Waals surface area contributed by atoms with E-state index in [4.69, 9.17) is 11.6 Å². The monoisotopic (exact) mass is 442 g/mol. The number of Topliss-reactive ketones (excluding diaryl/α,β-unsaturated/α-hetero) is 1. The van der Waals surface area contributed by atoms with Gasteiger partial charge in [0.1, 0.15) is 0 Å². The molecule has 0 radical (unpaired) electrons. The third kappa shape index (κ3) is 4.72. The van der Waals surface area contributed by atoms with Gasteiger partial charge in [-0.15, -0.1) is 10.2 Å². The van der Waals surface area contributed by atoms with E-state index in [-0.39, 0.29) is 11.7 Å². The fraction of sp³-hybridized carbons (Fsp3) is 0.150. The van der Waals surface area contributed by atoms with E-state index >= 15 is 0 Å². The van der Waals surface area contributed by atoms with Gasteiger partial charge in [0.2, 0.25) is 5.13 Å². The van der Waals surface area contributed by atoms with E-state index in [9.17, 15) is 9.59 Å². The Bertz CT molecular complexity index is 1130. The molecule has 1 aliphatic rings. The Kier molecular flexibility index (Phi) is 5.75. The van der Waals surface area contributed by atoms with Crippen LogP contribution < -0.4 is 5.32 Å². The van der Waals surface area contributed by atoms with Crippen LogP contribution >= 0.6 is 34.7 Å². The third-order valence-corrected chi connectivity index (χ3v) is 6.49. The molecule has 0 aliphatic carbocycles. The van der Waals surface area contributed by atoms with Gasteiger partial charge in [0, 0.05) is 27.6 Å². The van der Waals surface area contributed by atoms with Crippen LogP contribution in [0.25, 0.3) is 0 Å². The predicted octanol–water partition coefficient (Wildman–Crippen LogP) is 5.20. The van der Waals surface area contributed by atoms with E-state index in [1.54, 1.807) is 24.3 Å². The predicted molar refractivity (Wildman–Crippen MR) is 117 cm³/mol. The van der Waals surface area contributed by atoms with Crippen molar-refractivity contribution in [1.29, 1.82) is 0 Å². The smallest absolute Gasteiger partial charge is 0.257 e. The van der Waals surface area contributed by atoms with E-state index in [1.807, 2.05) is 25.1 Å². The summed E-state index contributed by atoms with van der Waals surface area (Å²) in [6.45, 7) is 1.96. The second-order valence-electron chi connectivity index (χ2n) is 6.42. The lowest BCUT2D eigenvalue weighted by molar-refractivity contribution is 0.0997.